The van der Waals surface area contributed by atoms with Gasteiger partial charge in [0.15, 0.2) is 11.5 Å². The van der Waals surface area contributed by atoms with Gasteiger partial charge >= 0.3 is 0 Å². The fraction of sp³-hybridized carbons (Fsp3) is 0.222. The summed E-state index contributed by atoms with van der Waals surface area (Å²) in [7, 11) is 0. The number of carbonyl (C=O) groups excluding carboxylic acids is 1. The van der Waals surface area contributed by atoms with E-state index in [1.165, 1.54) is 6.21 Å². The molecule has 2 aromatic rings. The van der Waals surface area contributed by atoms with Crippen molar-refractivity contribution in [3.63, 3.8) is 0 Å². The van der Waals surface area contributed by atoms with Crippen LogP contribution in [0.2, 0.25) is 10.0 Å². The van der Waals surface area contributed by atoms with Gasteiger partial charge in [-0.25, -0.2) is 5.43 Å². The van der Waals surface area contributed by atoms with E-state index in [1.807, 2.05) is 13.8 Å². The standard InChI is InChI=1S/C18H18Cl2N2O3/c1-3-24-16-10-12(9-15(20)17(16)25-4-2)11-21-22-18(23)13-5-7-14(19)8-6-13/h5-11H,3-4H2,1-2H3,(H,22,23)/b21-11-. The van der Waals surface area contributed by atoms with Gasteiger partial charge in [-0.3, -0.25) is 4.79 Å². The molecule has 0 spiro atoms. The van der Waals surface area contributed by atoms with Gasteiger partial charge in [0.2, 0.25) is 0 Å². The number of benzene rings is 2. The van der Waals surface area contributed by atoms with Crippen LogP contribution in [-0.4, -0.2) is 25.3 Å². The maximum atomic E-state index is 12.0. The molecule has 0 atom stereocenters. The summed E-state index contributed by atoms with van der Waals surface area (Å²) < 4.78 is 11.1. The van der Waals surface area contributed by atoms with Crippen molar-refractivity contribution < 1.29 is 14.3 Å². The van der Waals surface area contributed by atoms with Crippen molar-refractivity contribution >= 4 is 35.3 Å². The fourth-order valence-corrected chi connectivity index (χ4v) is 2.44. The minimum absolute atomic E-state index is 0.338. The first-order valence-electron chi connectivity index (χ1n) is 7.73. The van der Waals surface area contributed by atoms with Crippen molar-refractivity contribution in [1.29, 1.82) is 0 Å². The van der Waals surface area contributed by atoms with E-state index < -0.39 is 0 Å². The maximum Gasteiger partial charge on any atom is 0.271 e. The highest BCUT2D eigenvalue weighted by atomic mass is 35.5. The lowest BCUT2D eigenvalue weighted by molar-refractivity contribution is 0.0955. The average molecular weight is 381 g/mol. The van der Waals surface area contributed by atoms with Crippen LogP contribution in [0.4, 0.5) is 0 Å². The van der Waals surface area contributed by atoms with Crippen LogP contribution >= 0.6 is 23.2 Å². The van der Waals surface area contributed by atoms with Gasteiger partial charge < -0.3 is 9.47 Å². The van der Waals surface area contributed by atoms with Crippen LogP contribution in [0.3, 0.4) is 0 Å². The number of ether oxygens (including phenoxy) is 2. The lowest BCUT2D eigenvalue weighted by Crippen LogP contribution is -2.17. The zero-order valence-electron chi connectivity index (χ0n) is 13.9. The molecular formula is C18H18Cl2N2O3. The largest absolute Gasteiger partial charge is 0.490 e. The Hall–Kier alpha value is -2.24. The minimum Gasteiger partial charge on any atom is -0.490 e. The summed E-state index contributed by atoms with van der Waals surface area (Å²) in [5.74, 6) is 0.686. The molecule has 0 saturated heterocycles. The Kier molecular flexibility index (Phi) is 7.10. The lowest BCUT2D eigenvalue weighted by atomic mass is 10.2. The predicted octanol–water partition coefficient (Wildman–Crippen LogP) is 4.55. The molecule has 0 aromatic heterocycles. The average Bonchev–Trinajstić information content (AvgIpc) is 2.59. The third kappa shape index (κ3) is 5.37. The molecule has 132 valence electrons. The van der Waals surface area contributed by atoms with E-state index in [2.05, 4.69) is 10.5 Å². The Balaban J connectivity index is 2.12. The van der Waals surface area contributed by atoms with E-state index in [0.717, 1.165) is 0 Å². The molecule has 0 radical (unpaired) electrons. The van der Waals surface area contributed by atoms with Crippen LogP contribution in [0.5, 0.6) is 11.5 Å². The number of hydrogen-bond donors (Lipinski definition) is 1. The molecule has 0 aliphatic rings. The van der Waals surface area contributed by atoms with Crippen LogP contribution < -0.4 is 14.9 Å². The van der Waals surface area contributed by atoms with E-state index >= 15 is 0 Å². The van der Waals surface area contributed by atoms with Crippen molar-refractivity contribution in [1.82, 2.24) is 5.43 Å². The molecule has 25 heavy (non-hydrogen) atoms. The molecule has 0 heterocycles. The van der Waals surface area contributed by atoms with Gasteiger partial charge in [0.25, 0.3) is 5.91 Å². The van der Waals surface area contributed by atoms with Crippen molar-refractivity contribution in [2.24, 2.45) is 5.10 Å². The molecule has 0 fully saturated rings. The molecule has 2 aromatic carbocycles. The van der Waals surface area contributed by atoms with Crippen molar-refractivity contribution in [2.75, 3.05) is 13.2 Å². The Morgan fingerprint density at radius 1 is 1.12 bits per heavy atom. The molecule has 5 nitrogen and oxygen atoms in total. The molecule has 2 rings (SSSR count). The summed E-state index contributed by atoms with van der Waals surface area (Å²) in [5, 5.41) is 4.92. The van der Waals surface area contributed by atoms with E-state index in [-0.39, 0.29) is 5.91 Å². The summed E-state index contributed by atoms with van der Waals surface area (Å²) in [6.07, 6.45) is 1.48. The maximum absolute atomic E-state index is 12.0. The Morgan fingerprint density at radius 3 is 2.44 bits per heavy atom. The van der Waals surface area contributed by atoms with E-state index in [4.69, 9.17) is 32.7 Å². The Labute approximate surface area is 156 Å². The van der Waals surface area contributed by atoms with Crippen molar-refractivity contribution in [3.05, 3.63) is 57.6 Å². The second kappa shape index (κ2) is 9.30. The van der Waals surface area contributed by atoms with Crippen LogP contribution in [0.15, 0.2) is 41.5 Å². The molecule has 0 aliphatic heterocycles. The van der Waals surface area contributed by atoms with Crippen molar-refractivity contribution in [3.8, 4) is 11.5 Å². The quantitative estimate of drug-likeness (QED) is 0.565. The summed E-state index contributed by atoms with van der Waals surface area (Å²) in [6, 6.07) is 9.95. The first kappa shape index (κ1) is 19.1. The summed E-state index contributed by atoms with van der Waals surface area (Å²) in [5.41, 5.74) is 3.58. The molecule has 0 aliphatic carbocycles. The third-order valence-corrected chi connectivity index (χ3v) is 3.64. The van der Waals surface area contributed by atoms with Gasteiger partial charge in [0.05, 0.1) is 24.5 Å². The number of nitrogens with one attached hydrogen (secondary N) is 1. The number of carbonyl (C=O) groups is 1. The minimum atomic E-state index is -0.338. The SMILES string of the molecule is CCOc1cc(/C=N\NC(=O)c2ccc(Cl)cc2)cc(Cl)c1OCC. The smallest absolute Gasteiger partial charge is 0.271 e. The molecule has 0 bridgehead atoms. The van der Waals surface area contributed by atoms with Gasteiger partial charge in [-0.1, -0.05) is 23.2 Å². The van der Waals surface area contributed by atoms with Gasteiger partial charge in [-0.2, -0.15) is 5.10 Å². The third-order valence-electron chi connectivity index (χ3n) is 3.11. The number of hydrazone groups is 1. The topological polar surface area (TPSA) is 59.9 Å². The number of rotatable bonds is 7. The van der Waals surface area contributed by atoms with E-state index in [1.54, 1.807) is 36.4 Å². The van der Waals surface area contributed by atoms with Crippen LogP contribution in [0.25, 0.3) is 0 Å². The molecule has 7 heteroatoms. The van der Waals surface area contributed by atoms with E-state index in [9.17, 15) is 4.79 Å². The normalized spacial score (nSPS) is 10.7. The van der Waals surface area contributed by atoms with Crippen LogP contribution in [-0.2, 0) is 0 Å². The van der Waals surface area contributed by atoms with Crippen LogP contribution in [0.1, 0.15) is 29.8 Å². The predicted molar refractivity (Wildman–Crippen MR) is 100 cm³/mol. The lowest BCUT2D eigenvalue weighted by Gasteiger charge is -2.13. The second-order valence-corrected chi connectivity index (χ2v) is 5.75. The van der Waals surface area contributed by atoms with E-state index in [0.29, 0.717) is 45.9 Å². The van der Waals surface area contributed by atoms with Gasteiger partial charge in [-0.15, -0.1) is 0 Å². The zero-order valence-corrected chi connectivity index (χ0v) is 15.4. The van der Waals surface area contributed by atoms with Crippen molar-refractivity contribution in [2.45, 2.75) is 13.8 Å². The highest BCUT2D eigenvalue weighted by Gasteiger charge is 2.11. The first-order chi connectivity index (χ1) is 12.0. The van der Waals surface area contributed by atoms with Gasteiger partial charge in [0, 0.05) is 10.6 Å². The molecule has 1 N–H and O–H groups in total. The van der Waals surface area contributed by atoms with Gasteiger partial charge in [-0.05, 0) is 55.8 Å². The molecular weight excluding hydrogens is 363 g/mol. The summed E-state index contributed by atoms with van der Waals surface area (Å²) in [4.78, 5) is 12.0. The van der Waals surface area contributed by atoms with Gasteiger partial charge in [0.1, 0.15) is 0 Å². The highest BCUT2D eigenvalue weighted by molar-refractivity contribution is 6.32. The summed E-state index contributed by atoms with van der Waals surface area (Å²) in [6.45, 7) is 4.69. The summed E-state index contributed by atoms with van der Waals surface area (Å²) >= 11 is 12.0. The highest BCUT2D eigenvalue weighted by Crippen LogP contribution is 2.36. The number of amides is 1. The monoisotopic (exact) mass is 380 g/mol. The second-order valence-electron chi connectivity index (χ2n) is 4.90. The Bertz CT molecular complexity index is 762. The number of nitrogens with zero attached hydrogens (tertiary/aromatic N) is 1. The molecule has 0 saturated carbocycles. The number of halogens is 2. The molecule has 0 unspecified atom stereocenters. The first-order valence-corrected chi connectivity index (χ1v) is 8.48. The van der Waals surface area contributed by atoms with Crippen LogP contribution in [0, 0.1) is 0 Å². The fourth-order valence-electron chi connectivity index (χ4n) is 2.04. The zero-order chi connectivity index (χ0) is 18.2. The number of hydrogen-bond acceptors (Lipinski definition) is 4. The Morgan fingerprint density at radius 2 is 1.80 bits per heavy atom. The molecule has 1 amide bonds.